The molecule has 64 valence electrons. The Bertz CT molecular complexity index is 162. The van der Waals surface area contributed by atoms with Crippen LogP contribution >= 0.6 is 0 Å². The lowest BCUT2D eigenvalue weighted by molar-refractivity contribution is 0.210. The van der Waals surface area contributed by atoms with Crippen molar-refractivity contribution in [1.82, 2.24) is 4.90 Å². The zero-order chi connectivity index (χ0) is 8.06. The molecule has 2 unspecified atom stereocenters. The Kier molecular flexibility index (Phi) is 1.54. The largest absolute Gasteiger partial charge is 0.300 e. The maximum Gasteiger partial charge on any atom is 0.0150 e. The molecule has 0 radical (unpaired) electrons. The van der Waals surface area contributed by atoms with Gasteiger partial charge in [-0.15, -0.1) is 0 Å². The molecule has 1 heteroatoms. The van der Waals surface area contributed by atoms with E-state index in [9.17, 15) is 0 Å². The van der Waals surface area contributed by atoms with Gasteiger partial charge in [0.1, 0.15) is 0 Å². The van der Waals surface area contributed by atoms with Gasteiger partial charge in [-0.05, 0) is 30.7 Å². The van der Waals surface area contributed by atoms with Gasteiger partial charge in [0.25, 0.3) is 0 Å². The van der Waals surface area contributed by atoms with Crippen molar-refractivity contribution in [3.8, 4) is 0 Å². The lowest BCUT2D eigenvalue weighted by atomic mass is 9.77. The molecule has 2 heterocycles. The van der Waals surface area contributed by atoms with Crippen LogP contribution in [0.1, 0.15) is 33.6 Å². The van der Waals surface area contributed by atoms with Crippen LogP contribution in [0.15, 0.2) is 0 Å². The van der Waals surface area contributed by atoms with E-state index in [2.05, 4.69) is 25.7 Å². The van der Waals surface area contributed by atoms with E-state index >= 15 is 0 Å². The molecule has 2 rings (SSSR count). The van der Waals surface area contributed by atoms with Crippen LogP contribution in [-0.4, -0.2) is 24.0 Å². The molecular weight excluding hydrogens is 134 g/mol. The molecule has 0 aromatic rings. The second kappa shape index (κ2) is 2.22. The van der Waals surface area contributed by atoms with Crippen LogP contribution in [0.4, 0.5) is 0 Å². The number of fused-ring (bicyclic) bond motifs is 1. The van der Waals surface area contributed by atoms with E-state index in [1.165, 1.54) is 25.9 Å². The standard InChI is InChI=1S/C10H19N/c1-8-7-11-6-4-5-9(11)10(8,2)3/h8-9H,4-7H2,1-3H3. The summed E-state index contributed by atoms with van der Waals surface area (Å²) < 4.78 is 0. The first-order chi connectivity index (χ1) is 5.12. The Morgan fingerprint density at radius 1 is 1.36 bits per heavy atom. The van der Waals surface area contributed by atoms with Gasteiger partial charge in [-0.25, -0.2) is 0 Å². The first kappa shape index (κ1) is 7.60. The Labute approximate surface area is 69.8 Å². The molecule has 0 aliphatic carbocycles. The Morgan fingerprint density at radius 3 is 2.73 bits per heavy atom. The average molecular weight is 153 g/mol. The normalized spacial score (nSPS) is 42.8. The van der Waals surface area contributed by atoms with Crippen LogP contribution in [0.25, 0.3) is 0 Å². The Hall–Kier alpha value is -0.0400. The smallest absolute Gasteiger partial charge is 0.0150 e. The van der Waals surface area contributed by atoms with Crippen molar-refractivity contribution in [3.05, 3.63) is 0 Å². The summed E-state index contributed by atoms with van der Waals surface area (Å²) in [5.41, 5.74) is 0.580. The molecule has 0 saturated carbocycles. The fourth-order valence-corrected chi connectivity index (χ4v) is 2.80. The fourth-order valence-electron chi connectivity index (χ4n) is 2.80. The molecule has 0 amide bonds. The van der Waals surface area contributed by atoms with Gasteiger partial charge < -0.3 is 0 Å². The minimum atomic E-state index is 0.580. The minimum Gasteiger partial charge on any atom is -0.300 e. The van der Waals surface area contributed by atoms with Gasteiger partial charge in [0.2, 0.25) is 0 Å². The number of hydrogen-bond acceptors (Lipinski definition) is 1. The Morgan fingerprint density at radius 2 is 2.09 bits per heavy atom. The van der Waals surface area contributed by atoms with Gasteiger partial charge in [0.05, 0.1) is 0 Å². The molecule has 2 fully saturated rings. The molecule has 11 heavy (non-hydrogen) atoms. The van der Waals surface area contributed by atoms with Crippen LogP contribution in [0, 0.1) is 11.3 Å². The summed E-state index contributed by atoms with van der Waals surface area (Å²) in [6.07, 6.45) is 2.87. The predicted molar refractivity (Wildman–Crippen MR) is 47.5 cm³/mol. The van der Waals surface area contributed by atoms with Crippen molar-refractivity contribution < 1.29 is 0 Å². The summed E-state index contributed by atoms with van der Waals surface area (Å²) in [7, 11) is 0. The number of hydrogen-bond donors (Lipinski definition) is 0. The molecule has 0 bridgehead atoms. The molecule has 2 atom stereocenters. The van der Waals surface area contributed by atoms with Gasteiger partial charge in [-0.2, -0.15) is 0 Å². The van der Waals surface area contributed by atoms with Crippen molar-refractivity contribution in [1.29, 1.82) is 0 Å². The summed E-state index contributed by atoms with van der Waals surface area (Å²) in [5, 5.41) is 0. The Balaban J connectivity index is 2.20. The third-order valence-electron chi connectivity index (χ3n) is 4.00. The molecule has 0 aromatic heterocycles. The van der Waals surface area contributed by atoms with Crippen molar-refractivity contribution >= 4 is 0 Å². The molecule has 2 aliphatic heterocycles. The lowest BCUT2D eigenvalue weighted by Gasteiger charge is -2.29. The van der Waals surface area contributed by atoms with Crippen molar-refractivity contribution in [2.45, 2.75) is 39.7 Å². The highest BCUT2D eigenvalue weighted by molar-refractivity contribution is 5.00. The third kappa shape index (κ3) is 0.936. The quantitative estimate of drug-likeness (QED) is 0.515. The van der Waals surface area contributed by atoms with E-state index in [1.54, 1.807) is 0 Å². The first-order valence-electron chi connectivity index (χ1n) is 4.86. The second-order valence-corrected chi connectivity index (χ2v) is 4.88. The predicted octanol–water partition coefficient (Wildman–Crippen LogP) is 2.13. The number of rotatable bonds is 0. The van der Waals surface area contributed by atoms with Crippen LogP contribution in [0.5, 0.6) is 0 Å². The molecule has 0 spiro atoms. The fraction of sp³-hybridized carbons (Fsp3) is 1.00. The summed E-state index contributed by atoms with van der Waals surface area (Å²) >= 11 is 0. The SMILES string of the molecule is CC1CN2CCCC2C1(C)C. The molecule has 2 saturated heterocycles. The summed E-state index contributed by atoms with van der Waals surface area (Å²) in [6.45, 7) is 9.98. The van der Waals surface area contributed by atoms with E-state index in [1.807, 2.05) is 0 Å². The number of nitrogens with zero attached hydrogens (tertiary/aromatic N) is 1. The highest BCUT2D eigenvalue weighted by Gasteiger charge is 2.47. The van der Waals surface area contributed by atoms with Gasteiger partial charge in [-0.3, -0.25) is 4.90 Å². The molecule has 0 N–H and O–H groups in total. The maximum atomic E-state index is 2.69. The highest BCUT2D eigenvalue weighted by Crippen LogP contribution is 2.45. The van der Waals surface area contributed by atoms with Crippen molar-refractivity contribution in [3.63, 3.8) is 0 Å². The second-order valence-electron chi connectivity index (χ2n) is 4.88. The summed E-state index contributed by atoms with van der Waals surface area (Å²) in [4.78, 5) is 2.69. The monoisotopic (exact) mass is 153 g/mol. The average Bonchev–Trinajstić information content (AvgIpc) is 2.41. The van der Waals surface area contributed by atoms with E-state index in [-0.39, 0.29) is 0 Å². The molecule has 1 nitrogen and oxygen atoms in total. The van der Waals surface area contributed by atoms with E-state index in [4.69, 9.17) is 0 Å². The van der Waals surface area contributed by atoms with Crippen LogP contribution in [-0.2, 0) is 0 Å². The van der Waals surface area contributed by atoms with Gasteiger partial charge in [0, 0.05) is 12.6 Å². The van der Waals surface area contributed by atoms with Gasteiger partial charge in [-0.1, -0.05) is 20.8 Å². The van der Waals surface area contributed by atoms with Gasteiger partial charge >= 0.3 is 0 Å². The molecular formula is C10H19N. The van der Waals surface area contributed by atoms with Crippen LogP contribution in [0.3, 0.4) is 0 Å². The topological polar surface area (TPSA) is 3.24 Å². The maximum absolute atomic E-state index is 2.69. The van der Waals surface area contributed by atoms with Crippen molar-refractivity contribution in [2.75, 3.05) is 13.1 Å². The highest BCUT2D eigenvalue weighted by atomic mass is 15.2. The lowest BCUT2D eigenvalue weighted by Crippen LogP contribution is -2.31. The minimum absolute atomic E-state index is 0.580. The van der Waals surface area contributed by atoms with Crippen LogP contribution < -0.4 is 0 Å². The van der Waals surface area contributed by atoms with Crippen LogP contribution in [0.2, 0.25) is 0 Å². The van der Waals surface area contributed by atoms with E-state index in [0.29, 0.717) is 5.41 Å². The van der Waals surface area contributed by atoms with Gasteiger partial charge in [0.15, 0.2) is 0 Å². The first-order valence-corrected chi connectivity index (χ1v) is 4.86. The zero-order valence-electron chi connectivity index (χ0n) is 7.93. The summed E-state index contributed by atoms with van der Waals surface area (Å²) in [6, 6.07) is 0.900. The van der Waals surface area contributed by atoms with Crippen molar-refractivity contribution in [2.24, 2.45) is 11.3 Å². The summed E-state index contributed by atoms with van der Waals surface area (Å²) in [5.74, 6) is 0.896. The zero-order valence-corrected chi connectivity index (χ0v) is 7.93. The van der Waals surface area contributed by atoms with E-state index < -0.39 is 0 Å². The third-order valence-corrected chi connectivity index (χ3v) is 4.00. The molecule has 0 aromatic carbocycles. The van der Waals surface area contributed by atoms with E-state index in [0.717, 1.165) is 12.0 Å². The molecule has 2 aliphatic rings.